The van der Waals surface area contributed by atoms with E-state index in [4.69, 9.17) is 16.0 Å². The van der Waals surface area contributed by atoms with Crippen molar-refractivity contribution in [1.82, 2.24) is 4.90 Å². The van der Waals surface area contributed by atoms with E-state index in [2.05, 4.69) is 4.74 Å². The number of carbonyl (C=O) groups excluding carboxylic acids is 2. The van der Waals surface area contributed by atoms with Crippen LogP contribution in [0.3, 0.4) is 0 Å². The fourth-order valence-corrected chi connectivity index (χ4v) is 1.86. The number of carbonyl (C=O) groups is 2. The molecule has 1 rings (SSSR count). The molecular formula is C13H18ClNO4. The molecule has 1 heterocycles. The van der Waals surface area contributed by atoms with Gasteiger partial charge in [0.2, 0.25) is 5.22 Å². The summed E-state index contributed by atoms with van der Waals surface area (Å²) < 4.78 is 9.49. The van der Waals surface area contributed by atoms with Gasteiger partial charge in [-0.25, -0.2) is 0 Å². The third-order valence-corrected chi connectivity index (χ3v) is 2.83. The lowest BCUT2D eigenvalue weighted by atomic mass is 10.2. The first-order valence-corrected chi connectivity index (χ1v) is 6.42. The molecule has 0 spiro atoms. The molecule has 1 amide bonds. The number of methoxy groups -OCH3 is 1. The topological polar surface area (TPSA) is 59.8 Å². The number of amides is 1. The van der Waals surface area contributed by atoms with Gasteiger partial charge in [0, 0.05) is 13.1 Å². The molecule has 1 aromatic rings. The van der Waals surface area contributed by atoms with E-state index >= 15 is 0 Å². The lowest BCUT2D eigenvalue weighted by molar-refractivity contribution is -0.140. The Morgan fingerprint density at radius 2 is 2.16 bits per heavy atom. The molecule has 0 atom stereocenters. The molecular weight excluding hydrogens is 270 g/mol. The summed E-state index contributed by atoms with van der Waals surface area (Å²) in [6.07, 6.45) is 1.52. The van der Waals surface area contributed by atoms with Crippen molar-refractivity contribution in [3.8, 4) is 0 Å². The second-order valence-corrected chi connectivity index (χ2v) is 4.92. The Hall–Kier alpha value is -1.49. The van der Waals surface area contributed by atoms with E-state index in [1.54, 1.807) is 4.90 Å². The molecule has 106 valence electrons. The highest BCUT2D eigenvalue weighted by Gasteiger charge is 2.21. The highest BCUT2D eigenvalue weighted by molar-refractivity contribution is 6.32. The zero-order valence-corrected chi connectivity index (χ0v) is 12.1. The van der Waals surface area contributed by atoms with Crippen LogP contribution in [0.15, 0.2) is 16.7 Å². The van der Waals surface area contributed by atoms with E-state index in [-0.39, 0.29) is 29.4 Å². The molecule has 1 aromatic heterocycles. The lowest BCUT2D eigenvalue weighted by Gasteiger charge is -2.23. The van der Waals surface area contributed by atoms with Gasteiger partial charge in [-0.3, -0.25) is 9.59 Å². The number of esters is 1. The van der Waals surface area contributed by atoms with Crippen LogP contribution in [-0.4, -0.2) is 37.0 Å². The highest BCUT2D eigenvalue weighted by Crippen LogP contribution is 2.19. The summed E-state index contributed by atoms with van der Waals surface area (Å²) in [6.45, 7) is 4.83. The molecule has 5 nitrogen and oxygen atoms in total. The van der Waals surface area contributed by atoms with Crippen LogP contribution in [0, 0.1) is 5.92 Å². The molecule has 0 fully saturated rings. The number of ether oxygens (including phenoxy) is 1. The van der Waals surface area contributed by atoms with Gasteiger partial charge in [-0.05, 0) is 23.6 Å². The Kier molecular flexibility index (Phi) is 5.89. The minimum absolute atomic E-state index is 0.0665. The van der Waals surface area contributed by atoms with Gasteiger partial charge in [0.15, 0.2) is 0 Å². The second kappa shape index (κ2) is 7.19. The number of halogens is 1. The van der Waals surface area contributed by atoms with Crippen molar-refractivity contribution in [3.05, 3.63) is 23.1 Å². The number of hydrogen-bond donors (Lipinski definition) is 0. The Morgan fingerprint density at radius 1 is 1.47 bits per heavy atom. The maximum atomic E-state index is 12.3. The highest BCUT2D eigenvalue weighted by atomic mass is 35.5. The van der Waals surface area contributed by atoms with Crippen LogP contribution in [0.4, 0.5) is 0 Å². The maximum Gasteiger partial charge on any atom is 0.307 e. The Balaban J connectivity index is 2.76. The molecule has 0 aromatic carbocycles. The summed E-state index contributed by atoms with van der Waals surface area (Å²) in [6, 6.07) is 1.52. The zero-order chi connectivity index (χ0) is 14.4. The predicted molar refractivity (Wildman–Crippen MR) is 71.1 cm³/mol. The quantitative estimate of drug-likeness (QED) is 0.755. The third kappa shape index (κ3) is 4.59. The van der Waals surface area contributed by atoms with E-state index in [0.29, 0.717) is 18.7 Å². The average Bonchev–Trinajstić information content (AvgIpc) is 2.78. The number of nitrogens with zero attached hydrogens (tertiary/aromatic N) is 1. The SMILES string of the molecule is COC(=O)CCN(CC(C)C)C(=O)c1ccoc1Cl. The normalized spacial score (nSPS) is 10.6. The van der Waals surface area contributed by atoms with E-state index in [9.17, 15) is 9.59 Å². The van der Waals surface area contributed by atoms with E-state index in [0.717, 1.165) is 0 Å². The monoisotopic (exact) mass is 287 g/mol. The summed E-state index contributed by atoms with van der Waals surface area (Å²) in [5, 5.41) is 0.0665. The fourth-order valence-electron chi connectivity index (χ4n) is 1.66. The van der Waals surface area contributed by atoms with Crippen molar-refractivity contribution >= 4 is 23.5 Å². The molecule has 0 N–H and O–H groups in total. The van der Waals surface area contributed by atoms with Crippen molar-refractivity contribution in [2.75, 3.05) is 20.2 Å². The molecule has 0 aliphatic rings. The van der Waals surface area contributed by atoms with Gasteiger partial charge in [-0.1, -0.05) is 13.8 Å². The van der Waals surface area contributed by atoms with Crippen LogP contribution in [0.1, 0.15) is 30.6 Å². The van der Waals surface area contributed by atoms with Gasteiger partial charge >= 0.3 is 5.97 Å². The van der Waals surface area contributed by atoms with Crippen LogP contribution in [-0.2, 0) is 9.53 Å². The lowest BCUT2D eigenvalue weighted by Crippen LogP contribution is -2.36. The summed E-state index contributed by atoms with van der Waals surface area (Å²) >= 11 is 5.80. The molecule has 0 unspecified atom stereocenters. The van der Waals surface area contributed by atoms with Crippen LogP contribution >= 0.6 is 11.6 Å². The third-order valence-electron chi connectivity index (χ3n) is 2.53. The van der Waals surface area contributed by atoms with Gasteiger partial charge in [0.25, 0.3) is 5.91 Å². The Labute approximate surface area is 117 Å². The number of hydrogen-bond acceptors (Lipinski definition) is 4. The molecule has 0 aliphatic heterocycles. The zero-order valence-electron chi connectivity index (χ0n) is 11.3. The van der Waals surface area contributed by atoms with Crippen LogP contribution in [0.25, 0.3) is 0 Å². The molecule has 6 heteroatoms. The van der Waals surface area contributed by atoms with Crippen molar-refractivity contribution in [1.29, 1.82) is 0 Å². The van der Waals surface area contributed by atoms with Crippen molar-refractivity contribution in [2.24, 2.45) is 5.92 Å². The number of furan rings is 1. The van der Waals surface area contributed by atoms with Gasteiger partial charge in [-0.2, -0.15) is 0 Å². The Bertz CT molecular complexity index is 442. The molecule has 19 heavy (non-hydrogen) atoms. The van der Waals surface area contributed by atoms with Crippen LogP contribution < -0.4 is 0 Å². The van der Waals surface area contributed by atoms with Gasteiger partial charge < -0.3 is 14.1 Å². The molecule has 0 saturated heterocycles. The average molecular weight is 288 g/mol. The first-order valence-electron chi connectivity index (χ1n) is 6.04. The van der Waals surface area contributed by atoms with E-state index in [1.165, 1.54) is 19.4 Å². The minimum atomic E-state index is -0.347. The smallest absolute Gasteiger partial charge is 0.307 e. The summed E-state index contributed by atoms with van der Waals surface area (Å²) in [4.78, 5) is 25.0. The van der Waals surface area contributed by atoms with E-state index in [1.807, 2.05) is 13.8 Å². The van der Waals surface area contributed by atoms with E-state index < -0.39 is 0 Å². The maximum absolute atomic E-state index is 12.3. The van der Waals surface area contributed by atoms with Crippen molar-refractivity contribution in [2.45, 2.75) is 20.3 Å². The van der Waals surface area contributed by atoms with Crippen LogP contribution in [0.5, 0.6) is 0 Å². The predicted octanol–water partition coefficient (Wildman–Crippen LogP) is 2.59. The van der Waals surface area contributed by atoms with Gasteiger partial charge in [-0.15, -0.1) is 0 Å². The summed E-state index contributed by atoms with van der Waals surface area (Å²) in [5.74, 6) is -0.302. The first kappa shape index (κ1) is 15.6. The second-order valence-electron chi connectivity index (χ2n) is 4.58. The van der Waals surface area contributed by atoms with Crippen molar-refractivity contribution in [3.63, 3.8) is 0 Å². The molecule has 0 bridgehead atoms. The Morgan fingerprint density at radius 3 is 2.63 bits per heavy atom. The summed E-state index contributed by atoms with van der Waals surface area (Å²) in [7, 11) is 1.32. The van der Waals surface area contributed by atoms with Gasteiger partial charge in [0.1, 0.15) is 0 Å². The van der Waals surface area contributed by atoms with Crippen LogP contribution in [0.2, 0.25) is 5.22 Å². The fraction of sp³-hybridized carbons (Fsp3) is 0.538. The molecule has 0 radical (unpaired) electrons. The number of rotatable bonds is 6. The molecule has 0 saturated carbocycles. The van der Waals surface area contributed by atoms with Crippen molar-refractivity contribution < 1.29 is 18.7 Å². The summed E-state index contributed by atoms with van der Waals surface area (Å²) in [5.41, 5.74) is 0.312. The minimum Gasteiger partial charge on any atom is -0.469 e. The molecule has 0 aliphatic carbocycles. The van der Waals surface area contributed by atoms with Gasteiger partial charge in [0.05, 0.1) is 25.4 Å². The largest absolute Gasteiger partial charge is 0.469 e. The first-order chi connectivity index (χ1) is 8.95. The standard InChI is InChI=1S/C13H18ClNO4/c1-9(2)8-15(6-4-11(16)18-3)13(17)10-5-7-19-12(10)14/h5,7,9H,4,6,8H2,1-3H3.